The van der Waals surface area contributed by atoms with E-state index < -0.39 is 6.03 Å². The van der Waals surface area contributed by atoms with Crippen LogP contribution in [0.1, 0.15) is 17.3 Å². The summed E-state index contributed by atoms with van der Waals surface area (Å²) in [7, 11) is 0. The van der Waals surface area contributed by atoms with Crippen LogP contribution < -0.4 is 16.4 Å². The lowest BCUT2D eigenvalue weighted by Crippen LogP contribution is -2.52. The summed E-state index contributed by atoms with van der Waals surface area (Å²) in [6.07, 6.45) is 0. The average Bonchev–Trinajstić information content (AvgIpc) is 2.38. The number of amides is 3. The lowest BCUT2D eigenvalue weighted by molar-refractivity contribution is 0.0656. The number of carbonyl (C=O) groups excluding carboxylic acids is 2. The van der Waals surface area contributed by atoms with E-state index in [9.17, 15) is 9.59 Å². The summed E-state index contributed by atoms with van der Waals surface area (Å²) in [6, 6.07) is 6.33. The number of rotatable bonds is 2. The monoisotopic (exact) mass is 262 g/mol. The van der Waals surface area contributed by atoms with Gasteiger partial charge in [-0.3, -0.25) is 4.79 Å². The number of benzene rings is 1. The third-order valence-electron chi connectivity index (χ3n) is 3.14. The van der Waals surface area contributed by atoms with Crippen LogP contribution in [0.4, 0.5) is 10.5 Å². The van der Waals surface area contributed by atoms with Crippen LogP contribution in [-0.2, 0) is 0 Å². The molecule has 1 atom stereocenters. The number of carbonyl (C=O) groups is 2. The van der Waals surface area contributed by atoms with E-state index in [1.165, 1.54) is 0 Å². The number of anilines is 1. The Kier molecular flexibility index (Phi) is 4.01. The maximum atomic E-state index is 12.4. The molecule has 0 saturated carbocycles. The average molecular weight is 262 g/mol. The summed E-state index contributed by atoms with van der Waals surface area (Å²) in [5, 5.41) is 5.71. The van der Waals surface area contributed by atoms with Gasteiger partial charge in [0, 0.05) is 36.9 Å². The van der Waals surface area contributed by atoms with Gasteiger partial charge in [0.15, 0.2) is 0 Å². The van der Waals surface area contributed by atoms with Crippen LogP contribution in [0.25, 0.3) is 0 Å². The van der Waals surface area contributed by atoms with Crippen molar-refractivity contribution < 1.29 is 9.59 Å². The number of nitrogens with two attached hydrogens (primary N) is 1. The van der Waals surface area contributed by atoms with E-state index in [-0.39, 0.29) is 11.9 Å². The van der Waals surface area contributed by atoms with Crippen LogP contribution in [0.2, 0.25) is 0 Å². The summed E-state index contributed by atoms with van der Waals surface area (Å²) in [5.41, 5.74) is 6.15. The van der Waals surface area contributed by atoms with Crippen LogP contribution in [0, 0.1) is 0 Å². The van der Waals surface area contributed by atoms with Crippen molar-refractivity contribution in [1.29, 1.82) is 0 Å². The molecule has 1 fully saturated rings. The van der Waals surface area contributed by atoms with Gasteiger partial charge in [-0.2, -0.15) is 0 Å². The van der Waals surface area contributed by atoms with Gasteiger partial charge < -0.3 is 21.3 Å². The van der Waals surface area contributed by atoms with Gasteiger partial charge in [-0.1, -0.05) is 6.07 Å². The highest BCUT2D eigenvalue weighted by molar-refractivity contribution is 5.96. The van der Waals surface area contributed by atoms with Gasteiger partial charge in [-0.15, -0.1) is 0 Å². The van der Waals surface area contributed by atoms with Crippen LogP contribution in [0.3, 0.4) is 0 Å². The highest BCUT2D eigenvalue weighted by atomic mass is 16.2. The first kappa shape index (κ1) is 13.4. The largest absolute Gasteiger partial charge is 0.351 e. The van der Waals surface area contributed by atoms with E-state index in [0.29, 0.717) is 17.8 Å². The molecule has 0 radical (unpaired) electrons. The zero-order valence-corrected chi connectivity index (χ0v) is 10.8. The smallest absolute Gasteiger partial charge is 0.316 e. The number of hydrogen-bond acceptors (Lipinski definition) is 3. The molecule has 1 heterocycles. The van der Waals surface area contributed by atoms with Crippen molar-refractivity contribution in [2.75, 3.05) is 25.0 Å². The fourth-order valence-electron chi connectivity index (χ4n) is 2.18. The molecule has 0 spiro atoms. The molecule has 0 unspecified atom stereocenters. The molecule has 1 aromatic rings. The summed E-state index contributed by atoms with van der Waals surface area (Å²) in [4.78, 5) is 25.0. The number of piperazine rings is 1. The van der Waals surface area contributed by atoms with Crippen molar-refractivity contribution in [1.82, 2.24) is 10.2 Å². The van der Waals surface area contributed by atoms with Crippen LogP contribution in [0.15, 0.2) is 24.3 Å². The molecule has 0 bridgehead atoms. The first-order chi connectivity index (χ1) is 9.08. The molecular weight excluding hydrogens is 244 g/mol. The number of hydrogen-bond donors (Lipinski definition) is 3. The maximum Gasteiger partial charge on any atom is 0.316 e. The van der Waals surface area contributed by atoms with E-state index in [0.717, 1.165) is 13.1 Å². The quantitative estimate of drug-likeness (QED) is 0.729. The fraction of sp³-hybridized carbons (Fsp3) is 0.385. The number of urea groups is 1. The van der Waals surface area contributed by atoms with Crippen molar-refractivity contribution in [3.63, 3.8) is 0 Å². The Labute approximate surface area is 112 Å². The van der Waals surface area contributed by atoms with Crippen LogP contribution in [0.5, 0.6) is 0 Å². The molecule has 102 valence electrons. The lowest BCUT2D eigenvalue weighted by Gasteiger charge is -2.34. The zero-order chi connectivity index (χ0) is 13.8. The SMILES string of the molecule is C[C@@H]1CNCCN1C(=O)c1cccc(NC(N)=O)c1. The molecular formula is C13H18N4O2. The Morgan fingerprint density at radius 3 is 2.95 bits per heavy atom. The summed E-state index contributed by atoms with van der Waals surface area (Å²) in [6.45, 7) is 4.29. The van der Waals surface area contributed by atoms with Gasteiger partial charge in [-0.25, -0.2) is 4.79 Å². The second-order valence-corrected chi connectivity index (χ2v) is 4.62. The molecule has 1 saturated heterocycles. The van der Waals surface area contributed by atoms with Gasteiger partial charge in [0.1, 0.15) is 0 Å². The maximum absolute atomic E-state index is 12.4. The molecule has 4 N–H and O–H groups in total. The first-order valence-corrected chi connectivity index (χ1v) is 6.26. The van der Waals surface area contributed by atoms with E-state index in [1.54, 1.807) is 24.3 Å². The fourth-order valence-corrected chi connectivity index (χ4v) is 2.18. The molecule has 0 aromatic heterocycles. The number of primary amides is 1. The molecule has 0 aliphatic carbocycles. The summed E-state index contributed by atoms with van der Waals surface area (Å²) in [5.74, 6) is -0.0258. The van der Waals surface area contributed by atoms with Gasteiger partial charge in [-0.05, 0) is 25.1 Å². The number of nitrogens with zero attached hydrogens (tertiary/aromatic N) is 1. The molecule has 3 amide bonds. The molecule has 1 aromatic carbocycles. The normalized spacial score (nSPS) is 19.0. The number of nitrogens with one attached hydrogen (secondary N) is 2. The molecule has 6 nitrogen and oxygen atoms in total. The third-order valence-corrected chi connectivity index (χ3v) is 3.14. The van der Waals surface area contributed by atoms with Gasteiger partial charge in [0.25, 0.3) is 5.91 Å². The Morgan fingerprint density at radius 1 is 1.47 bits per heavy atom. The van der Waals surface area contributed by atoms with E-state index in [2.05, 4.69) is 10.6 Å². The van der Waals surface area contributed by atoms with E-state index >= 15 is 0 Å². The summed E-state index contributed by atoms with van der Waals surface area (Å²) < 4.78 is 0. The van der Waals surface area contributed by atoms with Crippen molar-refractivity contribution in [2.24, 2.45) is 5.73 Å². The minimum absolute atomic E-state index is 0.0258. The second kappa shape index (κ2) is 5.71. The standard InChI is InChI=1S/C13H18N4O2/c1-9-8-15-5-6-17(9)12(18)10-3-2-4-11(7-10)16-13(14)19/h2-4,7,9,15H,5-6,8H2,1H3,(H3,14,16,19)/t9-/m1/s1. The Bertz CT molecular complexity index is 489. The van der Waals surface area contributed by atoms with Crippen LogP contribution >= 0.6 is 0 Å². The van der Waals surface area contributed by atoms with Crippen molar-refractivity contribution in [3.05, 3.63) is 29.8 Å². The minimum atomic E-state index is -0.639. The van der Waals surface area contributed by atoms with Gasteiger partial charge >= 0.3 is 6.03 Å². The first-order valence-electron chi connectivity index (χ1n) is 6.26. The Morgan fingerprint density at radius 2 is 2.26 bits per heavy atom. The highest BCUT2D eigenvalue weighted by Crippen LogP contribution is 2.15. The topological polar surface area (TPSA) is 87.5 Å². The molecule has 1 aliphatic rings. The zero-order valence-electron chi connectivity index (χ0n) is 10.8. The molecule has 1 aliphatic heterocycles. The minimum Gasteiger partial charge on any atom is -0.351 e. The predicted octanol–water partition coefficient (Wildman–Crippen LogP) is 0.611. The van der Waals surface area contributed by atoms with Crippen molar-refractivity contribution in [3.8, 4) is 0 Å². The van der Waals surface area contributed by atoms with Crippen molar-refractivity contribution in [2.45, 2.75) is 13.0 Å². The highest BCUT2D eigenvalue weighted by Gasteiger charge is 2.24. The molecule has 19 heavy (non-hydrogen) atoms. The predicted molar refractivity (Wildman–Crippen MR) is 73.0 cm³/mol. The van der Waals surface area contributed by atoms with Crippen molar-refractivity contribution >= 4 is 17.6 Å². The molecule has 6 heteroatoms. The van der Waals surface area contributed by atoms with Gasteiger partial charge in [0.05, 0.1) is 0 Å². The van der Waals surface area contributed by atoms with Crippen LogP contribution in [-0.4, -0.2) is 42.5 Å². The lowest BCUT2D eigenvalue weighted by atomic mass is 10.1. The van der Waals surface area contributed by atoms with Gasteiger partial charge in [0.2, 0.25) is 0 Å². The molecule has 2 rings (SSSR count). The summed E-state index contributed by atoms with van der Waals surface area (Å²) >= 11 is 0. The Balaban J connectivity index is 2.16. The Hall–Kier alpha value is -2.08. The van der Waals surface area contributed by atoms with E-state index in [1.807, 2.05) is 11.8 Å². The van der Waals surface area contributed by atoms with E-state index in [4.69, 9.17) is 5.73 Å². The second-order valence-electron chi connectivity index (χ2n) is 4.62. The third kappa shape index (κ3) is 3.23.